The van der Waals surface area contributed by atoms with Crippen molar-refractivity contribution in [1.29, 1.82) is 0 Å². The van der Waals surface area contributed by atoms with E-state index in [0.29, 0.717) is 17.9 Å². The Morgan fingerprint density at radius 1 is 0.976 bits per heavy atom. The van der Waals surface area contributed by atoms with Crippen LogP contribution in [-0.4, -0.2) is 57.1 Å². The summed E-state index contributed by atoms with van der Waals surface area (Å²) < 4.78 is 32.8. The van der Waals surface area contributed by atoms with Crippen molar-refractivity contribution in [2.75, 3.05) is 24.2 Å². The summed E-state index contributed by atoms with van der Waals surface area (Å²) in [6.45, 7) is 4.28. The minimum Gasteiger partial charge on any atom is -0.497 e. The molecule has 0 fully saturated rings. The first-order chi connectivity index (χ1) is 20.0. The molecule has 0 heterocycles. The molecule has 42 heavy (non-hydrogen) atoms. The maximum absolute atomic E-state index is 13.9. The van der Waals surface area contributed by atoms with E-state index in [1.54, 1.807) is 29.2 Å². The van der Waals surface area contributed by atoms with Gasteiger partial charge in [-0.3, -0.25) is 13.9 Å². The summed E-state index contributed by atoms with van der Waals surface area (Å²) in [7, 11) is -2.10. The number of benzene rings is 3. The summed E-state index contributed by atoms with van der Waals surface area (Å²) in [4.78, 5) is 29.2. The van der Waals surface area contributed by atoms with Gasteiger partial charge in [-0.05, 0) is 55.2 Å². The number of hydrogen-bond donors (Lipinski definition) is 1. The maximum Gasteiger partial charge on any atom is 0.243 e. The Balaban J connectivity index is 1.89. The zero-order chi connectivity index (χ0) is 30.7. The van der Waals surface area contributed by atoms with Crippen molar-refractivity contribution in [3.05, 3.63) is 94.5 Å². The molecule has 0 bridgehead atoms. The molecule has 2 atom stereocenters. The van der Waals surface area contributed by atoms with E-state index in [0.717, 1.165) is 28.3 Å². The van der Waals surface area contributed by atoms with Crippen LogP contribution in [0.4, 0.5) is 5.69 Å². The van der Waals surface area contributed by atoms with Crippen LogP contribution in [0.5, 0.6) is 5.75 Å². The van der Waals surface area contributed by atoms with E-state index < -0.39 is 16.1 Å². The highest BCUT2D eigenvalue weighted by atomic mass is 79.9. The summed E-state index contributed by atoms with van der Waals surface area (Å²) in [5.41, 5.74) is 2.29. The Bertz CT molecular complexity index is 1420. The molecule has 3 aromatic rings. The molecule has 8 nitrogen and oxygen atoms in total. The van der Waals surface area contributed by atoms with Gasteiger partial charge in [-0.25, -0.2) is 8.42 Å². The monoisotopic (exact) mass is 657 g/mol. The molecule has 0 aromatic heterocycles. The quantitative estimate of drug-likeness (QED) is 0.231. The predicted molar refractivity (Wildman–Crippen MR) is 171 cm³/mol. The van der Waals surface area contributed by atoms with Crippen LogP contribution >= 0.6 is 15.9 Å². The van der Waals surface area contributed by atoms with Gasteiger partial charge in [0.2, 0.25) is 21.8 Å². The van der Waals surface area contributed by atoms with Crippen molar-refractivity contribution in [2.45, 2.75) is 58.2 Å². The fourth-order valence-corrected chi connectivity index (χ4v) is 5.77. The summed E-state index contributed by atoms with van der Waals surface area (Å²) in [5.74, 6) is 0.0963. The summed E-state index contributed by atoms with van der Waals surface area (Å²) in [6.07, 6.45) is 2.59. The highest BCUT2D eigenvalue weighted by molar-refractivity contribution is 9.10. The molecular weight excluding hydrogens is 618 g/mol. The van der Waals surface area contributed by atoms with E-state index in [1.807, 2.05) is 68.4 Å². The lowest BCUT2D eigenvalue weighted by Gasteiger charge is -2.32. The van der Waals surface area contributed by atoms with E-state index in [9.17, 15) is 18.0 Å². The topological polar surface area (TPSA) is 96.0 Å². The number of methoxy groups -OCH3 is 1. The molecule has 0 spiro atoms. The van der Waals surface area contributed by atoms with E-state index >= 15 is 0 Å². The SMILES string of the molecule is CCC(C)NC(=O)C(Cc1ccccc1)N(Cc1ccc(Br)cc1)C(=O)CCCN(c1cccc(OC)c1)S(C)(=O)=O. The Labute approximate surface area is 258 Å². The van der Waals surface area contributed by atoms with E-state index in [4.69, 9.17) is 4.74 Å². The van der Waals surface area contributed by atoms with Gasteiger partial charge in [0.25, 0.3) is 0 Å². The van der Waals surface area contributed by atoms with Crippen molar-refractivity contribution >= 4 is 43.5 Å². The zero-order valence-corrected chi connectivity index (χ0v) is 27.0. The highest BCUT2D eigenvalue weighted by Gasteiger charge is 2.31. The normalized spacial score (nSPS) is 12.7. The lowest BCUT2D eigenvalue weighted by Crippen LogP contribution is -2.52. The molecule has 0 saturated heterocycles. The van der Waals surface area contributed by atoms with Crippen molar-refractivity contribution in [2.24, 2.45) is 0 Å². The number of hydrogen-bond acceptors (Lipinski definition) is 5. The van der Waals surface area contributed by atoms with Gasteiger partial charge in [-0.15, -0.1) is 0 Å². The smallest absolute Gasteiger partial charge is 0.243 e. The number of nitrogens with one attached hydrogen (secondary N) is 1. The van der Waals surface area contributed by atoms with Crippen LogP contribution in [0.1, 0.15) is 44.2 Å². The lowest BCUT2D eigenvalue weighted by molar-refractivity contribution is -0.141. The number of ether oxygens (including phenoxy) is 1. The highest BCUT2D eigenvalue weighted by Crippen LogP contribution is 2.24. The van der Waals surface area contributed by atoms with Gasteiger partial charge in [0.1, 0.15) is 11.8 Å². The van der Waals surface area contributed by atoms with Crippen LogP contribution in [0.25, 0.3) is 0 Å². The van der Waals surface area contributed by atoms with Gasteiger partial charge in [-0.2, -0.15) is 0 Å². The first-order valence-electron chi connectivity index (χ1n) is 14.0. The molecule has 3 aromatic carbocycles. The number of rotatable bonds is 15. The van der Waals surface area contributed by atoms with E-state index in [1.165, 1.54) is 11.4 Å². The molecule has 0 aliphatic rings. The molecule has 3 rings (SSSR count). The molecule has 0 saturated carbocycles. The van der Waals surface area contributed by atoms with Gasteiger partial charge in [0, 0.05) is 42.5 Å². The Morgan fingerprint density at radius 3 is 2.29 bits per heavy atom. The number of sulfonamides is 1. The maximum atomic E-state index is 13.9. The van der Waals surface area contributed by atoms with Crippen LogP contribution < -0.4 is 14.4 Å². The van der Waals surface area contributed by atoms with Crippen LogP contribution in [-0.2, 0) is 32.6 Å². The molecule has 226 valence electrons. The van der Waals surface area contributed by atoms with Gasteiger partial charge >= 0.3 is 0 Å². The molecule has 2 amide bonds. The molecule has 1 N–H and O–H groups in total. The molecular formula is C32H40BrN3O5S. The van der Waals surface area contributed by atoms with Gasteiger partial charge in [0.05, 0.1) is 19.1 Å². The van der Waals surface area contributed by atoms with Gasteiger partial charge in [0.15, 0.2) is 0 Å². The minimum atomic E-state index is -3.62. The van der Waals surface area contributed by atoms with Crippen LogP contribution in [0.2, 0.25) is 0 Å². The third-order valence-electron chi connectivity index (χ3n) is 7.03. The third kappa shape index (κ3) is 9.87. The van der Waals surface area contributed by atoms with Crippen molar-refractivity contribution in [3.8, 4) is 5.75 Å². The molecule has 0 aliphatic carbocycles. The number of halogens is 1. The second-order valence-electron chi connectivity index (χ2n) is 10.3. The lowest BCUT2D eigenvalue weighted by atomic mass is 10.0. The minimum absolute atomic E-state index is 0.0495. The fourth-order valence-electron chi connectivity index (χ4n) is 4.55. The zero-order valence-electron chi connectivity index (χ0n) is 24.6. The molecule has 0 radical (unpaired) electrons. The van der Waals surface area contributed by atoms with Crippen LogP contribution in [0.3, 0.4) is 0 Å². The molecule has 10 heteroatoms. The Hall–Kier alpha value is -3.37. The molecule has 0 aliphatic heterocycles. The van der Waals surface area contributed by atoms with Crippen LogP contribution in [0.15, 0.2) is 83.3 Å². The standard InChI is InChI=1S/C32H40BrN3O5S/c1-5-24(2)34-32(38)30(21-25-11-7-6-8-12-25)35(23-26-16-18-27(33)19-17-26)31(37)15-10-20-36(42(4,39)40)28-13-9-14-29(22-28)41-3/h6-9,11-14,16-19,22,24,30H,5,10,15,20-21,23H2,1-4H3,(H,34,38). The number of nitrogens with zero attached hydrogens (tertiary/aromatic N) is 2. The number of carbonyl (C=O) groups excluding carboxylic acids is 2. The third-order valence-corrected chi connectivity index (χ3v) is 8.75. The number of anilines is 1. The Kier molecular flexibility index (Phi) is 12.4. The predicted octanol–water partition coefficient (Wildman–Crippen LogP) is 5.56. The van der Waals surface area contributed by atoms with Gasteiger partial charge in [-0.1, -0.05) is 71.4 Å². The van der Waals surface area contributed by atoms with Gasteiger partial charge < -0.3 is 15.0 Å². The number of amides is 2. The number of carbonyl (C=O) groups is 2. The summed E-state index contributed by atoms with van der Waals surface area (Å²) >= 11 is 3.46. The second kappa shape index (κ2) is 15.7. The summed E-state index contributed by atoms with van der Waals surface area (Å²) in [6, 6.07) is 23.3. The van der Waals surface area contributed by atoms with Crippen molar-refractivity contribution in [1.82, 2.24) is 10.2 Å². The van der Waals surface area contributed by atoms with E-state index in [-0.39, 0.29) is 43.8 Å². The van der Waals surface area contributed by atoms with Crippen molar-refractivity contribution in [3.63, 3.8) is 0 Å². The average molecular weight is 659 g/mol. The van der Waals surface area contributed by atoms with E-state index in [2.05, 4.69) is 21.2 Å². The van der Waals surface area contributed by atoms with Crippen LogP contribution in [0, 0.1) is 0 Å². The summed E-state index contributed by atoms with van der Waals surface area (Å²) in [5, 5.41) is 3.07. The first-order valence-corrected chi connectivity index (χ1v) is 16.7. The Morgan fingerprint density at radius 2 is 1.67 bits per heavy atom. The first kappa shape index (κ1) is 33.1. The average Bonchev–Trinajstić information content (AvgIpc) is 2.97. The van der Waals surface area contributed by atoms with Crippen molar-refractivity contribution < 1.29 is 22.7 Å². The molecule has 2 unspecified atom stereocenters. The fraction of sp³-hybridized carbons (Fsp3) is 0.375. The second-order valence-corrected chi connectivity index (χ2v) is 13.1. The largest absolute Gasteiger partial charge is 0.497 e.